The van der Waals surface area contributed by atoms with Crippen LogP contribution < -0.4 is 5.32 Å². The zero-order valence-corrected chi connectivity index (χ0v) is 16.7. The molecule has 0 radical (unpaired) electrons. The Morgan fingerprint density at radius 2 is 1.93 bits per heavy atom. The van der Waals surface area contributed by atoms with Crippen molar-refractivity contribution in [2.45, 2.75) is 26.6 Å². The molecule has 2 heterocycles. The molecule has 0 bridgehead atoms. The second-order valence-corrected chi connectivity index (χ2v) is 7.02. The number of benzene rings is 2. The normalized spacial score (nSPS) is 11.1. The Morgan fingerprint density at radius 1 is 1.17 bits per heavy atom. The van der Waals surface area contributed by atoms with Gasteiger partial charge in [-0.3, -0.25) is 9.89 Å². The number of carbonyl (C=O) groups excluding carboxylic acids is 1. The third-order valence-electron chi connectivity index (χ3n) is 4.89. The van der Waals surface area contributed by atoms with Gasteiger partial charge in [-0.25, -0.2) is 4.39 Å². The number of nitrogens with one attached hydrogen (secondary N) is 2. The fourth-order valence-electron chi connectivity index (χ4n) is 3.43. The van der Waals surface area contributed by atoms with E-state index in [0.717, 1.165) is 10.9 Å². The summed E-state index contributed by atoms with van der Waals surface area (Å²) < 4.78 is 18.4. The molecule has 0 fully saturated rings. The van der Waals surface area contributed by atoms with Gasteiger partial charge in [-0.15, -0.1) is 0 Å². The molecule has 4 rings (SSSR count). The van der Waals surface area contributed by atoms with Gasteiger partial charge in [0.25, 0.3) is 5.91 Å². The van der Waals surface area contributed by atoms with E-state index in [0.29, 0.717) is 28.4 Å². The molecule has 29 heavy (non-hydrogen) atoms. The molecule has 2 aromatic carbocycles. The van der Waals surface area contributed by atoms with Gasteiger partial charge in [0.05, 0.1) is 13.1 Å². The van der Waals surface area contributed by atoms with Crippen molar-refractivity contribution in [2.75, 3.05) is 0 Å². The average Bonchev–Trinajstić information content (AvgIpc) is 3.28. The maximum absolute atomic E-state index is 14.2. The van der Waals surface area contributed by atoms with Crippen molar-refractivity contribution in [1.29, 1.82) is 0 Å². The number of fused-ring (bicyclic) bond motifs is 1. The predicted molar refractivity (Wildman–Crippen MR) is 112 cm³/mol. The van der Waals surface area contributed by atoms with Crippen LogP contribution in [-0.4, -0.2) is 25.2 Å². The van der Waals surface area contributed by atoms with Crippen molar-refractivity contribution < 1.29 is 9.18 Å². The fourth-order valence-corrected chi connectivity index (χ4v) is 3.71. The van der Waals surface area contributed by atoms with E-state index in [1.807, 2.05) is 46.4 Å². The highest BCUT2D eigenvalue weighted by Crippen LogP contribution is 2.22. The van der Waals surface area contributed by atoms with E-state index in [9.17, 15) is 9.18 Å². The van der Waals surface area contributed by atoms with Crippen LogP contribution in [0.5, 0.6) is 0 Å². The van der Waals surface area contributed by atoms with Crippen molar-refractivity contribution in [3.63, 3.8) is 0 Å². The molecule has 0 aliphatic heterocycles. The first-order valence-electron chi connectivity index (χ1n) is 9.32. The van der Waals surface area contributed by atoms with E-state index in [1.165, 1.54) is 6.07 Å². The highest BCUT2D eigenvalue weighted by Gasteiger charge is 2.17. The molecule has 0 unspecified atom stereocenters. The molecule has 148 valence electrons. The largest absolute Gasteiger partial charge is 0.343 e. The highest BCUT2D eigenvalue weighted by atomic mass is 32.1. The van der Waals surface area contributed by atoms with Gasteiger partial charge < -0.3 is 14.5 Å². The van der Waals surface area contributed by atoms with Crippen molar-refractivity contribution >= 4 is 29.0 Å². The van der Waals surface area contributed by atoms with Crippen LogP contribution in [-0.2, 0) is 19.6 Å². The maximum Gasteiger partial charge on any atom is 0.268 e. The molecule has 2 N–H and O–H groups in total. The molecule has 6 nitrogen and oxygen atoms in total. The standard InChI is InChI=1S/C21H20FN5OS/c1-2-26-19(24-25-21(26)29)12-23-20(28)18-11-14-7-4-6-10-17(14)27(18)13-15-8-3-5-9-16(15)22/h3-11H,2,12-13H2,1H3,(H,23,28)(H,25,29). The lowest BCUT2D eigenvalue weighted by atomic mass is 10.2. The molecule has 4 aromatic rings. The molecule has 0 saturated carbocycles. The number of halogens is 1. The number of amides is 1. The number of rotatable bonds is 6. The summed E-state index contributed by atoms with van der Waals surface area (Å²) in [6, 6.07) is 16.1. The summed E-state index contributed by atoms with van der Waals surface area (Å²) in [5, 5.41) is 10.7. The second kappa shape index (κ2) is 8.00. The average molecular weight is 409 g/mol. The van der Waals surface area contributed by atoms with Gasteiger partial charge in [-0.1, -0.05) is 36.4 Å². The van der Waals surface area contributed by atoms with Crippen LogP contribution in [0.15, 0.2) is 54.6 Å². The Kier molecular flexibility index (Phi) is 5.26. The molecule has 0 aliphatic rings. The Hall–Kier alpha value is -3.26. The molecule has 8 heteroatoms. The Labute approximate surface area is 172 Å². The third kappa shape index (κ3) is 3.71. The van der Waals surface area contributed by atoms with Crippen LogP contribution in [0.3, 0.4) is 0 Å². The molecule has 0 saturated heterocycles. The smallest absolute Gasteiger partial charge is 0.268 e. The molecular weight excluding hydrogens is 389 g/mol. The first-order chi connectivity index (χ1) is 14.1. The van der Waals surface area contributed by atoms with Crippen molar-refractivity contribution in [3.8, 4) is 0 Å². The number of carbonyl (C=O) groups is 1. The highest BCUT2D eigenvalue weighted by molar-refractivity contribution is 7.71. The zero-order chi connectivity index (χ0) is 20.4. The first kappa shape index (κ1) is 19.1. The minimum absolute atomic E-state index is 0.237. The maximum atomic E-state index is 14.2. The van der Waals surface area contributed by atoms with E-state index >= 15 is 0 Å². The number of H-pyrrole nitrogens is 1. The Bertz CT molecular complexity index is 1240. The number of aromatic amines is 1. The SMILES string of the molecule is CCn1c(CNC(=O)c2cc3ccccc3n2Cc2ccccc2F)n[nH]c1=S. The van der Waals surface area contributed by atoms with Gasteiger partial charge in [0.1, 0.15) is 11.5 Å². The van der Waals surface area contributed by atoms with Crippen LogP contribution in [0.25, 0.3) is 10.9 Å². The van der Waals surface area contributed by atoms with Crippen LogP contribution in [0.2, 0.25) is 0 Å². The zero-order valence-electron chi connectivity index (χ0n) is 15.9. The quantitative estimate of drug-likeness (QED) is 0.473. The summed E-state index contributed by atoms with van der Waals surface area (Å²) in [4.78, 5) is 13.0. The summed E-state index contributed by atoms with van der Waals surface area (Å²) in [6.07, 6.45) is 0. The number of hydrogen-bond donors (Lipinski definition) is 2. The fraction of sp³-hybridized carbons (Fsp3) is 0.190. The van der Waals surface area contributed by atoms with Crippen molar-refractivity contribution in [1.82, 2.24) is 24.6 Å². The van der Waals surface area contributed by atoms with E-state index in [4.69, 9.17) is 12.2 Å². The summed E-state index contributed by atoms with van der Waals surface area (Å²) in [5.41, 5.74) is 1.86. The number of aromatic nitrogens is 4. The van der Waals surface area contributed by atoms with E-state index < -0.39 is 0 Å². The van der Waals surface area contributed by atoms with Gasteiger partial charge in [0.15, 0.2) is 10.6 Å². The van der Waals surface area contributed by atoms with Gasteiger partial charge in [0, 0.05) is 23.0 Å². The first-order valence-corrected chi connectivity index (χ1v) is 9.73. The lowest BCUT2D eigenvalue weighted by molar-refractivity contribution is 0.0941. The molecule has 2 aromatic heterocycles. The van der Waals surface area contributed by atoms with Gasteiger partial charge in [-0.2, -0.15) is 5.10 Å². The molecule has 1 amide bonds. The summed E-state index contributed by atoms with van der Waals surface area (Å²) in [6.45, 7) is 3.12. The van der Waals surface area contributed by atoms with Crippen LogP contribution in [0.4, 0.5) is 4.39 Å². The molecule has 0 aliphatic carbocycles. The monoisotopic (exact) mass is 409 g/mol. The lowest BCUT2D eigenvalue weighted by Gasteiger charge is -2.12. The summed E-state index contributed by atoms with van der Waals surface area (Å²) in [7, 11) is 0. The minimum Gasteiger partial charge on any atom is -0.343 e. The van der Waals surface area contributed by atoms with E-state index in [2.05, 4.69) is 15.5 Å². The number of para-hydroxylation sites is 1. The summed E-state index contributed by atoms with van der Waals surface area (Å²) >= 11 is 5.19. The van der Waals surface area contributed by atoms with Gasteiger partial charge in [0.2, 0.25) is 0 Å². The molecule has 0 spiro atoms. The van der Waals surface area contributed by atoms with Crippen LogP contribution >= 0.6 is 12.2 Å². The molecule has 0 atom stereocenters. The van der Waals surface area contributed by atoms with E-state index in [1.54, 1.807) is 18.2 Å². The number of hydrogen-bond acceptors (Lipinski definition) is 3. The Morgan fingerprint density at radius 3 is 2.72 bits per heavy atom. The third-order valence-corrected chi connectivity index (χ3v) is 5.20. The van der Waals surface area contributed by atoms with Gasteiger partial charge >= 0.3 is 0 Å². The Balaban J connectivity index is 1.66. The number of nitrogens with zero attached hydrogens (tertiary/aromatic N) is 3. The van der Waals surface area contributed by atoms with Crippen LogP contribution in [0.1, 0.15) is 28.8 Å². The van der Waals surface area contributed by atoms with Crippen LogP contribution in [0, 0.1) is 10.6 Å². The van der Waals surface area contributed by atoms with Crippen molar-refractivity contribution in [2.24, 2.45) is 0 Å². The summed E-state index contributed by atoms with van der Waals surface area (Å²) in [5.74, 6) is 0.104. The topological polar surface area (TPSA) is 67.6 Å². The van der Waals surface area contributed by atoms with Crippen molar-refractivity contribution in [3.05, 3.63) is 82.3 Å². The minimum atomic E-state index is -0.296. The van der Waals surface area contributed by atoms with Gasteiger partial charge in [-0.05, 0) is 37.3 Å². The molecular formula is C21H20FN5OS. The lowest BCUT2D eigenvalue weighted by Crippen LogP contribution is -2.27. The predicted octanol–water partition coefficient (Wildman–Crippen LogP) is 4.03. The van der Waals surface area contributed by atoms with E-state index in [-0.39, 0.29) is 24.8 Å². The second-order valence-electron chi connectivity index (χ2n) is 6.64.